The second-order valence-electron chi connectivity index (χ2n) is 9.25. The van der Waals surface area contributed by atoms with Gasteiger partial charge in [-0.05, 0) is 0 Å². The molecule has 2 aromatic carbocycles. The van der Waals surface area contributed by atoms with Crippen LogP contribution >= 0.6 is 24.8 Å². The van der Waals surface area contributed by atoms with Crippen molar-refractivity contribution in [3.63, 3.8) is 0 Å². The maximum atomic E-state index is 4.08. The third-order valence-corrected chi connectivity index (χ3v) is 30.5. The molecule has 0 spiro atoms. The fraction of sp³-hybridized carbons (Fsp3) is 0.280. The zero-order valence-electron chi connectivity index (χ0n) is 17.7. The summed E-state index contributed by atoms with van der Waals surface area (Å²) in [5.41, 5.74) is 9.22. The zero-order chi connectivity index (χ0) is 19.3. The van der Waals surface area contributed by atoms with Gasteiger partial charge in [0.05, 0.1) is 0 Å². The van der Waals surface area contributed by atoms with Gasteiger partial charge in [0.25, 0.3) is 0 Å². The molecule has 0 heterocycles. The van der Waals surface area contributed by atoms with Crippen LogP contribution in [0.4, 0.5) is 0 Å². The molecule has 0 N–H and O–H groups in total. The molecule has 4 rings (SSSR count). The van der Waals surface area contributed by atoms with Crippen LogP contribution in [-0.2, 0) is 17.4 Å². The number of halogens is 2. The van der Waals surface area contributed by atoms with Gasteiger partial charge in [0.2, 0.25) is 0 Å². The van der Waals surface area contributed by atoms with Crippen molar-refractivity contribution in [1.82, 2.24) is 0 Å². The molecule has 0 radical (unpaired) electrons. The standard InChI is InChI=1S/2C10H9.C4H7.CH3.2ClH.H2Si.Zr/c2*1-8-6-9-4-2-3-5-10(9)7-8;1-3-4-2;;;;;/h2*2-7H,1H3;3H,1-2,4H2;1H3;2*1H;1H2;. The summed E-state index contributed by atoms with van der Waals surface area (Å²) < 4.78 is 5.33. The summed E-state index contributed by atoms with van der Waals surface area (Å²) >= 11 is -3.37. The molecule has 4 heteroatoms. The van der Waals surface area contributed by atoms with Crippen LogP contribution in [0, 0.1) is 0 Å². The van der Waals surface area contributed by atoms with Crippen molar-refractivity contribution < 1.29 is 17.4 Å². The Bertz CT molecular complexity index is 992. The van der Waals surface area contributed by atoms with Gasteiger partial charge in [0.15, 0.2) is 0 Å². The van der Waals surface area contributed by atoms with Crippen molar-refractivity contribution in [2.75, 3.05) is 0 Å². The van der Waals surface area contributed by atoms with Crippen molar-refractivity contribution in [3.05, 3.63) is 94.6 Å². The van der Waals surface area contributed by atoms with E-state index in [1.165, 1.54) is 15.3 Å². The van der Waals surface area contributed by atoms with Crippen molar-refractivity contribution in [3.8, 4) is 0 Å². The maximum Gasteiger partial charge on any atom is -0.147 e. The van der Waals surface area contributed by atoms with Gasteiger partial charge in [-0.2, -0.15) is 0 Å². The fourth-order valence-electron chi connectivity index (χ4n) is 6.22. The predicted molar refractivity (Wildman–Crippen MR) is 134 cm³/mol. The van der Waals surface area contributed by atoms with Crippen LogP contribution in [-0.4, -0.2) is 6.88 Å². The van der Waals surface area contributed by atoms with Crippen LogP contribution in [0.25, 0.3) is 12.2 Å². The Labute approximate surface area is 190 Å². The van der Waals surface area contributed by atoms with E-state index < -0.39 is 17.4 Å². The van der Waals surface area contributed by atoms with E-state index in [0.29, 0.717) is 7.25 Å². The fourth-order valence-corrected chi connectivity index (χ4v) is 31.6. The molecule has 2 aliphatic rings. The molecular formula is C25H32Cl2SiZr. The van der Waals surface area contributed by atoms with Gasteiger partial charge in [-0.3, -0.25) is 0 Å². The number of hydrogen-bond donors (Lipinski definition) is 0. The van der Waals surface area contributed by atoms with E-state index >= 15 is 0 Å². The van der Waals surface area contributed by atoms with Crippen molar-refractivity contribution in [2.45, 2.75) is 36.3 Å². The largest absolute Gasteiger partial charge is 0.147 e. The Hall–Kier alpha value is -0.660. The van der Waals surface area contributed by atoms with Crippen LogP contribution in [0.2, 0.25) is 8.76 Å². The molecule has 0 aromatic heterocycles. The molecule has 0 bridgehead atoms. The molecule has 2 atom stereocenters. The minimum atomic E-state index is -3.37. The topological polar surface area (TPSA) is 0 Å². The first-order valence-corrected chi connectivity index (χ1v) is 23.0. The van der Waals surface area contributed by atoms with Crippen molar-refractivity contribution in [2.24, 2.45) is 0 Å². The molecule has 2 aliphatic carbocycles. The molecule has 0 saturated heterocycles. The molecule has 154 valence electrons. The SMILES string of the molecule is C=CC[CH2][Zr]([CH3])(=[SiH2])([CH]1C(C)=Cc2ccccc21)[CH]1C(C)=Cc2ccccc21.Cl.Cl. The number of fused-ring (bicyclic) bond motifs is 2. The molecule has 0 saturated carbocycles. The molecule has 29 heavy (non-hydrogen) atoms. The molecular weight excluding hydrogens is 490 g/mol. The summed E-state index contributed by atoms with van der Waals surface area (Å²) in [4.78, 5) is 0. The predicted octanol–water partition coefficient (Wildman–Crippen LogP) is 7.43. The first kappa shape index (κ1) is 24.6. The molecule has 0 aliphatic heterocycles. The van der Waals surface area contributed by atoms with Crippen LogP contribution < -0.4 is 0 Å². The van der Waals surface area contributed by atoms with Gasteiger partial charge in [-0.1, -0.05) is 0 Å². The van der Waals surface area contributed by atoms with E-state index in [0.717, 1.165) is 6.42 Å². The summed E-state index contributed by atoms with van der Waals surface area (Å²) in [5.74, 6) is 0. The summed E-state index contributed by atoms with van der Waals surface area (Å²) in [6, 6.07) is 18.2. The summed E-state index contributed by atoms with van der Waals surface area (Å²) in [6.45, 7) is 11.3. The van der Waals surface area contributed by atoms with Crippen LogP contribution in [0.3, 0.4) is 0 Å². The van der Waals surface area contributed by atoms with Crippen molar-refractivity contribution in [1.29, 1.82) is 0 Å². The van der Waals surface area contributed by atoms with E-state index in [9.17, 15) is 0 Å². The minimum absolute atomic E-state index is 0. The Kier molecular flexibility index (Phi) is 7.50. The van der Waals surface area contributed by atoms with Gasteiger partial charge in [0, 0.05) is 0 Å². The minimum Gasteiger partial charge on any atom is -0.147 e. The Morgan fingerprint density at radius 2 is 1.28 bits per heavy atom. The quantitative estimate of drug-likeness (QED) is 0.283. The molecule has 2 aromatic rings. The number of hydrogen-bond acceptors (Lipinski definition) is 0. The van der Waals surface area contributed by atoms with E-state index in [1.807, 2.05) is 0 Å². The monoisotopic (exact) mass is 520 g/mol. The first-order chi connectivity index (χ1) is 12.9. The van der Waals surface area contributed by atoms with Crippen molar-refractivity contribution >= 4 is 43.8 Å². The summed E-state index contributed by atoms with van der Waals surface area (Å²) in [5, 5.41) is 0. The van der Waals surface area contributed by atoms with Gasteiger partial charge in [-0.15, -0.1) is 24.8 Å². The number of rotatable bonds is 5. The first-order valence-electron chi connectivity index (χ1n) is 10.1. The zero-order valence-corrected chi connectivity index (χ0v) is 23.2. The summed E-state index contributed by atoms with van der Waals surface area (Å²) in [6.07, 6.45) is 8.19. The van der Waals surface area contributed by atoms with E-state index in [-0.39, 0.29) is 24.8 Å². The van der Waals surface area contributed by atoms with E-state index in [2.05, 4.69) is 98.7 Å². The smallest absolute Gasteiger partial charge is 0.147 e. The van der Waals surface area contributed by atoms with Gasteiger partial charge in [0.1, 0.15) is 0 Å². The Morgan fingerprint density at radius 3 is 1.69 bits per heavy atom. The molecule has 2 unspecified atom stereocenters. The Morgan fingerprint density at radius 1 is 0.862 bits per heavy atom. The van der Waals surface area contributed by atoms with Gasteiger partial charge < -0.3 is 0 Å². The third kappa shape index (κ3) is 3.87. The Balaban J connectivity index is 0.00000150. The van der Waals surface area contributed by atoms with Crippen LogP contribution in [0.5, 0.6) is 0 Å². The number of allylic oxidation sites excluding steroid dienone is 3. The van der Waals surface area contributed by atoms with E-state index in [4.69, 9.17) is 0 Å². The third-order valence-electron chi connectivity index (χ3n) is 7.08. The second kappa shape index (κ2) is 8.83. The second-order valence-corrected chi connectivity index (χ2v) is 37.7. The summed E-state index contributed by atoms with van der Waals surface area (Å²) in [7, 11) is 0. The molecule has 0 nitrogen and oxygen atoms in total. The average Bonchev–Trinajstić information content (AvgIpc) is 3.16. The van der Waals surface area contributed by atoms with Gasteiger partial charge >= 0.3 is 167 Å². The van der Waals surface area contributed by atoms with Gasteiger partial charge in [-0.25, -0.2) is 0 Å². The molecule has 0 amide bonds. The van der Waals surface area contributed by atoms with Crippen LogP contribution in [0.15, 0.2) is 72.3 Å². The van der Waals surface area contributed by atoms with E-state index in [1.54, 1.807) is 22.3 Å². The maximum absolute atomic E-state index is 4.08. The average molecular weight is 523 g/mol. The normalized spacial score (nSPS) is 19.9. The van der Waals surface area contributed by atoms with Crippen LogP contribution in [0.1, 0.15) is 49.8 Å². The number of benzene rings is 2. The molecule has 0 fully saturated rings.